The Balaban J connectivity index is 1.66. The van der Waals surface area contributed by atoms with Gasteiger partial charge in [0.05, 0.1) is 16.9 Å². The first-order chi connectivity index (χ1) is 24.4. The number of imide groups is 2. The first kappa shape index (κ1) is 34.9. The highest BCUT2D eigenvalue weighted by Crippen LogP contribution is 2.49. The lowest BCUT2D eigenvalue weighted by molar-refractivity contribution is 0.0430. The summed E-state index contributed by atoms with van der Waals surface area (Å²) in [4.78, 5) is 61.0. The monoisotopic (exact) mass is 696 g/mol. The van der Waals surface area contributed by atoms with E-state index in [0.29, 0.717) is 27.4 Å². The number of fused-ring (bicyclic) bond motifs is 2. The number of carbonyl (C=O) groups is 4. The molecule has 1 heterocycles. The summed E-state index contributed by atoms with van der Waals surface area (Å²) < 4.78 is 11.7. The fourth-order valence-corrected chi connectivity index (χ4v) is 7.53. The summed E-state index contributed by atoms with van der Waals surface area (Å²) in [6.45, 7) is 18.3. The molecule has 1 aliphatic heterocycles. The van der Waals surface area contributed by atoms with Crippen LogP contribution in [-0.4, -0.2) is 35.2 Å². The molecule has 6 aromatic carbocycles. The third kappa shape index (κ3) is 5.52. The van der Waals surface area contributed by atoms with Gasteiger partial charge in [-0.05, 0) is 114 Å². The van der Waals surface area contributed by atoms with Gasteiger partial charge in [0.2, 0.25) is 0 Å². The number of nitrogens with zero attached hydrogens (tertiary/aromatic N) is 2. The van der Waals surface area contributed by atoms with Crippen LogP contribution in [0.5, 0.6) is 0 Å². The number of para-hydroxylation sites is 1. The molecular weight excluding hydrogens is 652 g/mol. The van der Waals surface area contributed by atoms with Crippen LogP contribution in [0.15, 0.2) is 72.8 Å². The molecule has 1 aliphatic rings. The predicted molar refractivity (Wildman–Crippen MR) is 208 cm³/mol. The van der Waals surface area contributed by atoms with Crippen molar-refractivity contribution < 1.29 is 28.7 Å². The van der Waals surface area contributed by atoms with Crippen molar-refractivity contribution in [2.24, 2.45) is 0 Å². The van der Waals surface area contributed by atoms with Gasteiger partial charge in [0, 0.05) is 10.9 Å². The molecule has 266 valence electrons. The van der Waals surface area contributed by atoms with Crippen molar-refractivity contribution >= 4 is 78.5 Å². The van der Waals surface area contributed by atoms with E-state index in [1.807, 2.05) is 88.4 Å². The zero-order valence-corrected chi connectivity index (χ0v) is 31.4. The summed E-state index contributed by atoms with van der Waals surface area (Å²) >= 11 is 0. The second-order valence-corrected chi connectivity index (χ2v) is 16.3. The first-order valence-corrected chi connectivity index (χ1v) is 17.8. The van der Waals surface area contributed by atoms with Gasteiger partial charge in [-0.1, -0.05) is 88.4 Å². The van der Waals surface area contributed by atoms with Crippen molar-refractivity contribution in [1.82, 2.24) is 0 Å². The van der Waals surface area contributed by atoms with Gasteiger partial charge in [0.15, 0.2) is 0 Å². The van der Waals surface area contributed by atoms with Gasteiger partial charge in [-0.15, -0.1) is 0 Å². The van der Waals surface area contributed by atoms with Gasteiger partial charge < -0.3 is 9.47 Å². The van der Waals surface area contributed by atoms with E-state index in [1.165, 1.54) is 4.90 Å². The van der Waals surface area contributed by atoms with E-state index in [9.17, 15) is 14.4 Å². The lowest BCUT2D eigenvalue weighted by Gasteiger charge is -2.35. The van der Waals surface area contributed by atoms with Crippen molar-refractivity contribution in [2.45, 2.75) is 92.3 Å². The molecule has 0 atom stereocenters. The van der Waals surface area contributed by atoms with Crippen molar-refractivity contribution in [3.05, 3.63) is 95.1 Å². The molecule has 0 fully saturated rings. The fraction of sp³-hybridized carbons (Fsp3) is 0.318. The molecule has 0 spiro atoms. The van der Waals surface area contributed by atoms with E-state index in [0.717, 1.165) is 43.0 Å². The minimum atomic E-state index is -1.00. The summed E-state index contributed by atoms with van der Waals surface area (Å²) in [5.41, 5.74) is 0.533. The van der Waals surface area contributed by atoms with Crippen LogP contribution in [0.4, 0.5) is 21.0 Å². The molecule has 0 N–H and O–H groups in total. The Morgan fingerprint density at radius 1 is 0.615 bits per heavy atom. The Labute approximate surface area is 303 Å². The Kier molecular flexibility index (Phi) is 8.09. The average Bonchev–Trinajstić information content (AvgIpc) is 3.04. The quantitative estimate of drug-likeness (QED) is 0.103. The highest BCUT2D eigenvalue weighted by Gasteiger charge is 2.43. The first-order valence-electron chi connectivity index (χ1n) is 17.8. The molecule has 6 aromatic rings. The molecule has 4 amide bonds. The molecule has 52 heavy (non-hydrogen) atoms. The Morgan fingerprint density at radius 3 is 1.63 bits per heavy atom. The maximum absolute atomic E-state index is 15.4. The number of rotatable bonds is 4. The highest BCUT2D eigenvalue weighted by atomic mass is 16.6. The molecule has 0 bridgehead atoms. The van der Waals surface area contributed by atoms with Gasteiger partial charge in [-0.3, -0.25) is 9.59 Å². The molecule has 0 saturated carbocycles. The number of amides is 4. The van der Waals surface area contributed by atoms with Crippen LogP contribution in [0.1, 0.15) is 113 Å². The second kappa shape index (κ2) is 12.0. The Morgan fingerprint density at radius 2 is 1.12 bits per heavy atom. The lowest BCUT2D eigenvalue weighted by atomic mass is 9.83. The van der Waals surface area contributed by atoms with E-state index in [4.69, 9.17) is 9.47 Å². The maximum Gasteiger partial charge on any atom is 0.424 e. The third-order valence-electron chi connectivity index (χ3n) is 9.56. The van der Waals surface area contributed by atoms with Crippen molar-refractivity contribution in [3.63, 3.8) is 0 Å². The van der Waals surface area contributed by atoms with Gasteiger partial charge in [-0.25, -0.2) is 14.5 Å². The molecule has 0 saturated heterocycles. The number of carbonyl (C=O) groups excluding carboxylic acids is 4. The number of ether oxygens (including phenoxy) is 2. The molecule has 0 aromatic heterocycles. The van der Waals surface area contributed by atoms with E-state index in [-0.39, 0.29) is 23.1 Å². The molecular formula is C44H44N2O6. The van der Waals surface area contributed by atoms with Gasteiger partial charge >= 0.3 is 12.2 Å². The maximum atomic E-state index is 15.4. The smallest absolute Gasteiger partial charge is 0.424 e. The average molecular weight is 697 g/mol. The summed E-state index contributed by atoms with van der Waals surface area (Å²) in [5, 5.41) is 6.46. The summed E-state index contributed by atoms with van der Waals surface area (Å²) in [7, 11) is 0. The SMILES string of the molecule is CC(C)c1cccc(C(C)C)c1N1C(=O)c2ccc3c4cccc5cccc(c6cc(N(C(=O)OC(C)(C)C)C(=O)OC(C)(C)C)c(c2c36)C1=O)c54. The number of hydrogen-bond acceptors (Lipinski definition) is 6. The predicted octanol–water partition coefficient (Wildman–Crippen LogP) is 11.5. The Bertz CT molecular complexity index is 2420. The largest absolute Gasteiger partial charge is 0.443 e. The highest BCUT2D eigenvalue weighted by molar-refractivity contribution is 6.44. The molecule has 8 nitrogen and oxygen atoms in total. The van der Waals surface area contributed by atoms with Gasteiger partial charge in [0.25, 0.3) is 11.8 Å². The molecule has 0 unspecified atom stereocenters. The second-order valence-electron chi connectivity index (χ2n) is 16.3. The van der Waals surface area contributed by atoms with Crippen LogP contribution in [0.3, 0.4) is 0 Å². The topological polar surface area (TPSA) is 93.2 Å². The van der Waals surface area contributed by atoms with Crippen LogP contribution < -0.4 is 9.80 Å². The molecule has 8 heteroatoms. The standard InChI is InChI=1S/C44H44N2O6/c1-23(2)26-16-13-17-27(24(3)4)38(26)46-39(47)31-21-20-30-28-18-11-14-25-15-12-19-29(34(25)28)32-22-33(37(40(46)48)36(31)35(30)32)45(41(49)51-43(5,6)7)42(50)52-44(8,9)10/h11-24H,1-10H3. The fourth-order valence-electron chi connectivity index (χ4n) is 7.53. The number of benzene rings is 6. The zero-order chi connectivity index (χ0) is 37.6. The van der Waals surface area contributed by atoms with E-state index < -0.39 is 35.2 Å². The van der Waals surface area contributed by atoms with E-state index in [2.05, 4.69) is 0 Å². The van der Waals surface area contributed by atoms with Crippen LogP contribution in [0, 0.1) is 0 Å². The molecule has 0 radical (unpaired) electrons. The van der Waals surface area contributed by atoms with Crippen LogP contribution >= 0.6 is 0 Å². The summed E-state index contributed by atoms with van der Waals surface area (Å²) in [6, 6.07) is 23.3. The minimum absolute atomic E-state index is 0.0172. The molecule has 7 rings (SSSR count). The van der Waals surface area contributed by atoms with Crippen LogP contribution in [-0.2, 0) is 9.47 Å². The molecule has 0 aliphatic carbocycles. The van der Waals surface area contributed by atoms with Crippen molar-refractivity contribution in [2.75, 3.05) is 9.80 Å². The van der Waals surface area contributed by atoms with E-state index in [1.54, 1.807) is 53.7 Å². The third-order valence-corrected chi connectivity index (χ3v) is 9.56. The summed E-state index contributed by atoms with van der Waals surface area (Å²) in [5.74, 6) is -1.16. The van der Waals surface area contributed by atoms with Crippen LogP contribution in [0.25, 0.3) is 43.1 Å². The van der Waals surface area contributed by atoms with Gasteiger partial charge in [0.1, 0.15) is 11.2 Å². The zero-order valence-electron chi connectivity index (χ0n) is 31.4. The Hall–Kier alpha value is -5.50. The minimum Gasteiger partial charge on any atom is -0.443 e. The van der Waals surface area contributed by atoms with Gasteiger partial charge in [-0.2, -0.15) is 4.90 Å². The van der Waals surface area contributed by atoms with Crippen molar-refractivity contribution in [3.8, 4) is 0 Å². The number of anilines is 2. The lowest BCUT2D eigenvalue weighted by Crippen LogP contribution is -2.47. The summed E-state index contributed by atoms with van der Waals surface area (Å²) in [6.07, 6.45) is -2.00. The van der Waals surface area contributed by atoms with Crippen molar-refractivity contribution in [1.29, 1.82) is 0 Å². The van der Waals surface area contributed by atoms with E-state index >= 15 is 4.79 Å². The number of hydrogen-bond donors (Lipinski definition) is 0. The van der Waals surface area contributed by atoms with Crippen LogP contribution in [0.2, 0.25) is 0 Å². The normalized spacial score (nSPS) is 13.7.